The fourth-order valence-corrected chi connectivity index (χ4v) is 6.52. The maximum Gasteiger partial charge on any atom is 0.333 e. The Bertz CT molecular complexity index is 1460. The van der Waals surface area contributed by atoms with Crippen molar-refractivity contribution in [1.82, 2.24) is 0 Å². The van der Waals surface area contributed by atoms with E-state index >= 15 is 0 Å². The average Bonchev–Trinajstić information content (AvgIpc) is 3.43. The van der Waals surface area contributed by atoms with Crippen LogP contribution in [-0.4, -0.2) is 95.4 Å². The van der Waals surface area contributed by atoms with E-state index in [-0.39, 0.29) is 47.0 Å². The van der Waals surface area contributed by atoms with Crippen LogP contribution >= 0.6 is 0 Å². The van der Waals surface area contributed by atoms with Crippen molar-refractivity contribution in [1.29, 1.82) is 0 Å². The van der Waals surface area contributed by atoms with Crippen LogP contribution in [0.15, 0.2) is 40.9 Å². The zero-order chi connectivity index (χ0) is 33.0. The molecule has 246 valence electrons. The van der Waals surface area contributed by atoms with Gasteiger partial charge < -0.3 is 54.0 Å². The lowest BCUT2D eigenvalue weighted by atomic mass is 9.62. The Labute approximate surface area is 260 Å². The van der Waals surface area contributed by atoms with Crippen molar-refractivity contribution in [3.8, 4) is 17.2 Å². The van der Waals surface area contributed by atoms with Crippen LogP contribution in [0, 0.1) is 11.8 Å². The van der Waals surface area contributed by atoms with Crippen molar-refractivity contribution in [2.24, 2.45) is 11.8 Å². The summed E-state index contributed by atoms with van der Waals surface area (Å²) in [6.07, 6.45) is -5.29. The van der Waals surface area contributed by atoms with Gasteiger partial charge in [-0.05, 0) is 43.9 Å². The molecule has 1 fully saturated rings. The monoisotopic (exact) mass is 632 g/mol. The van der Waals surface area contributed by atoms with E-state index in [1.807, 2.05) is 13.8 Å². The molecule has 2 aliphatic carbocycles. The quantitative estimate of drug-likeness (QED) is 0.215. The number of benzene rings is 1. The number of phenols is 1. The van der Waals surface area contributed by atoms with Crippen LogP contribution in [0.5, 0.6) is 17.2 Å². The highest BCUT2D eigenvalue weighted by atomic mass is 16.7. The molecule has 1 aromatic carbocycles. The Balaban J connectivity index is 1.75. The molecular formula is C32H40O13. The summed E-state index contributed by atoms with van der Waals surface area (Å²) in [4.78, 5) is 27.6. The summed E-state index contributed by atoms with van der Waals surface area (Å²) < 4.78 is 34.7. The maximum absolute atomic E-state index is 14.5. The summed E-state index contributed by atoms with van der Waals surface area (Å²) in [7, 11) is 2.78. The molecule has 1 aromatic rings. The highest BCUT2D eigenvalue weighted by Gasteiger charge is 2.59. The number of hydrogen-bond acceptors (Lipinski definition) is 13. The summed E-state index contributed by atoms with van der Waals surface area (Å²) in [6.45, 7) is 6.30. The lowest BCUT2D eigenvalue weighted by Crippen LogP contribution is -2.60. The summed E-state index contributed by atoms with van der Waals surface area (Å²) in [5.74, 6) is -2.17. The Kier molecular flexibility index (Phi) is 8.95. The lowest BCUT2D eigenvalue weighted by molar-refractivity contribution is -0.277. The molecule has 5 N–H and O–H groups in total. The van der Waals surface area contributed by atoms with E-state index in [0.717, 1.165) is 0 Å². The molecule has 2 heterocycles. The number of rotatable bonds is 7. The van der Waals surface area contributed by atoms with Crippen molar-refractivity contribution in [3.63, 3.8) is 0 Å². The molecule has 1 spiro atoms. The number of carbonyl (C=O) groups is 2. The number of ketones is 1. The number of esters is 1. The topological polar surface area (TPSA) is 191 Å². The van der Waals surface area contributed by atoms with Gasteiger partial charge in [0.25, 0.3) is 0 Å². The molecule has 0 radical (unpaired) electrons. The third kappa shape index (κ3) is 5.06. The van der Waals surface area contributed by atoms with Gasteiger partial charge >= 0.3 is 5.97 Å². The SMILES string of the molecule is C/C=C(/C)C(=O)O[C@H]1c2cc(O)c(O[C@@H]3O[C@H](CO)[C@@H](O)[C@H](O)[C@H]3O)c3c2[C@@]2(CO3)C(=O)C(OC)=C(OC)C=C2C[C@@H](C)[C@H]1C. The normalized spacial score (nSPS) is 34.5. The molecule has 13 heteroatoms. The zero-order valence-corrected chi connectivity index (χ0v) is 26.0. The van der Waals surface area contributed by atoms with Crippen molar-refractivity contribution in [2.45, 2.75) is 76.3 Å². The fraction of sp³-hybridized carbons (Fsp3) is 0.562. The molecule has 0 aromatic heterocycles. The largest absolute Gasteiger partial charge is 0.504 e. The first-order valence-corrected chi connectivity index (χ1v) is 14.8. The fourth-order valence-electron chi connectivity index (χ4n) is 6.52. The van der Waals surface area contributed by atoms with Crippen LogP contribution in [0.1, 0.15) is 51.3 Å². The van der Waals surface area contributed by atoms with Crippen LogP contribution in [-0.2, 0) is 34.0 Å². The standard InChI is InChI=1S/C32H40O13/c1-7-13(2)30(39)44-25-15(4)14(3)8-16-9-19(40-5)27(41-6)29(38)32(16)12-42-28-21(32)17(25)10-18(34)26(28)45-31-24(37)23(36)22(35)20(11-33)43-31/h7,9-10,14-15,20,22-25,31,33-37H,8,11-12H2,1-6H3/b13-7-/t14-,15-,20-,22-,23+,24-,25-,31+,32+/m1/s1. The van der Waals surface area contributed by atoms with Gasteiger partial charge in [-0.15, -0.1) is 0 Å². The number of aliphatic hydroxyl groups excluding tert-OH is 4. The highest BCUT2D eigenvalue weighted by Crippen LogP contribution is 2.60. The zero-order valence-electron chi connectivity index (χ0n) is 26.0. The Hall–Kier alpha value is -3.62. The van der Waals surface area contributed by atoms with E-state index in [1.54, 1.807) is 26.0 Å². The summed E-state index contributed by atoms with van der Waals surface area (Å²) in [5, 5.41) is 52.3. The van der Waals surface area contributed by atoms with Crippen LogP contribution < -0.4 is 9.47 Å². The highest BCUT2D eigenvalue weighted by molar-refractivity contribution is 6.08. The number of allylic oxidation sites excluding steroid dienone is 3. The molecule has 2 aliphatic heterocycles. The molecule has 13 nitrogen and oxygen atoms in total. The summed E-state index contributed by atoms with van der Waals surface area (Å²) in [6, 6.07) is 1.33. The molecule has 5 rings (SSSR count). The molecular weight excluding hydrogens is 592 g/mol. The Morgan fingerprint density at radius 3 is 2.47 bits per heavy atom. The first-order chi connectivity index (χ1) is 21.4. The number of aromatic hydroxyl groups is 1. The van der Waals surface area contributed by atoms with Crippen LogP contribution in [0.2, 0.25) is 0 Å². The summed E-state index contributed by atoms with van der Waals surface area (Å²) in [5.41, 5.74) is 0.121. The summed E-state index contributed by atoms with van der Waals surface area (Å²) >= 11 is 0. The number of carbonyl (C=O) groups excluding carboxylic acids is 2. The van der Waals surface area contributed by atoms with Gasteiger partial charge in [-0.2, -0.15) is 0 Å². The van der Waals surface area contributed by atoms with Gasteiger partial charge in [0, 0.05) is 22.6 Å². The van der Waals surface area contributed by atoms with Gasteiger partial charge in [0.2, 0.25) is 23.6 Å². The second-order valence-electron chi connectivity index (χ2n) is 12.0. The third-order valence-electron chi connectivity index (χ3n) is 9.50. The van der Waals surface area contributed by atoms with Gasteiger partial charge in [-0.1, -0.05) is 19.9 Å². The van der Waals surface area contributed by atoms with Gasteiger partial charge in [0.05, 0.1) is 20.8 Å². The minimum Gasteiger partial charge on any atom is -0.504 e. The number of phenolic OH excluding ortho intramolecular Hbond substituents is 1. The van der Waals surface area contributed by atoms with Gasteiger partial charge in [0.1, 0.15) is 42.5 Å². The number of Topliss-reactive ketones (excluding diaryl/α,β-unsaturated/α-hetero) is 1. The van der Waals surface area contributed by atoms with E-state index in [1.165, 1.54) is 20.3 Å². The van der Waals surface area contributed by atoms with Gasteiger partial charge in [-0.25, -0.2) is 4.79 Å². The molecule has 4 aliphatic rings. The van der Waals surface area contributed by atoms with Crippen molar-refractivity contribution in [3.05, 3.63) is 52.0 Å². The number of aliphatic hydroxyl groups is 4. The van der Waals surface area contributed by atoms with Crippen LogP contribution in [0.4, 0.5) is 0 Å². The number of hydrogen-bond donors (Lipinski definition) is 5. The molecule has 0 unspecified atom stereocenters. The Morgan fingerprint density at radius 2 is 1.84 bits per heavy atom. The Morgan fingerprint density at radius 1 is 1.13 bits per heavy atom. The van der Waals surface area contributed by atoms with Crippen LogP contribution in [0.3, 0.4) is 0 Å². The molecule has 45 heavy (non-hydrogen) atoms. The number of methoxy groups -OCH3 is 2. The van der Waals surface area contributed by atoms with E-state index in [4.69, 9.17) is 28.4 Å². The van der Waals surface area contributed by atoms with E-state index in [0.29, 0.717) is 23.1 Å². The van der Waals surface area contributed by atoms with E-state index in [2.05, 4.69) is 0 Å². The molecule has 9 atom stereocenters. The lowest BCUT2D eigenvalue weighted by Gasteiger charge is -2.42. The second kappa shape index (κ2) is 12.3. The average molecular weight is 633 g/mol. The maximum atomic E-state index is 14.5. The van der Waals surface area contributed by atoms with Crippen LogP contribution in [0.25, 0.3) is 0 Å². The van der Waals surface area contributed by atoms with E-state index in [9.17, 15) is 35.1 Å². The minimum absolute atomic E-state index is 0.0484. The molecule has 1 saturated heterocycles. The molecule has 0 bridgehead atoms. The number of ether oxygens (including phenoxy) is 6. The van der Waals surface area contributed by atoms with Gasteiger partial charge in [0.15, 0.2) is 17.3 Å². The predicted molar refractivity (Wildman–Crippen MR) is 155 cm³/mol. The first kappa shape index (κ1) is 32.8. The third-order valence-corrected chi connectivity index (χ3v) is 9.50. The second-order valence-corrected chi connectivity index (χ2v) is 12.0. The van der Waals surface area contributed by atoms with Crippen molar-refractivity contribution >= 4 is 11.8 Å². The van der Waals surface area contributed by atoms with E-state index < -0.39 is 66.3 Å². The first-order valence-electron chi connectivity index (χ1n) is 14.8. The smallest absolute Gasteiger partial charge is 0.333 e. The van der Waals surface area contributed by atoms with Crippen molar-refractivity contribution < 1.29 is 63.5 Å². The minimum atomic E-state index is -1.79. The molecule has 0 amide bonds. The molecule has 0 saturated carbocycles. The predicted octanol–water partition coefficient (Wildman–Crippen LogP) is 1.44. The van der Waals surface area contributed by atoms with Crippen molar-refractivity contribution in [2.75, 3.05) is 27.4 Å². The van der Waals surface area contributed by atoms with Gasteiger partial charge in [-0.3, -0.25) is 4.79 Å².